The van der Waals surface area contributed by atoms with Gasteiger partial charge in [-0.05, 0) is 39.3 Å². The van der Waals surface area contributed by atoms with Crippen molar-refractivity contribution in [3.8, 4) is 0 Å². The molecule has 1 atom stereocenters. The maximum absolute atomic E-state index is 9.16. The van der Waals surface area contributed by atoms with Crippen molar-refractivity contribution < 1.29 is 5.11 Å². The number of hydrogen-bond acceptors (Lipinski definition) is 3. The first kappa shape index (κ1) is 10.4. The van der Waals surface area contributed by atoms with Crippen LogP contribution in [0.5, 0.6) is 0 Å². The largest absolute Gasteiger partial charge is 0.393 e. The summed E-state index contributed by atoms with van der Waals surface area (Å²) >= 11 is 0. The van der Waals surface area contributed by atoms with Gasteiger partial charge in [0.05, 0.1) is 6.10 Å². The third-order valence-corrected chi connectivity index (χ3v) is 3.68. The molecule has 2 aliphatic rings. The van der Waals surface area contributed by atoms with Crippen molar-refractivity contribution in [1.29, 1.82) is 0 Å². The molecule has 1 unspecified atom stereocenters. The molecule has 14 heavy (non-hydrogen) atoms. The second kappa shape index (κ2) is 4.60. The van der Waals surface area contributed by atoms with Gasteiger partial charge >= 0.3 is 0 Å². The zero-order valence-corrected chi connectivity index (χ0v) is 9.08. The predicted molar refractivity (Wildman–Crippen MR) is 57.3 cm³/mol. The van der Waals surface area contributed by atoms with Gasteiger partial charge in [0.1, 0.15) is 0 Å². The number of nitrogens with zero attached hydrogens (tertiary/aromatic N) is 1. The van der Waals surface area contributed by atoms with Crippen LogP contribution < -0.4 is 5.32 Å². The molecule has 0 amide bonds. The van der Waals surface area contributed by atoms with E-state index in [2.05, 4.69) is 17.3 Å². The van der Waals surface area contributed by atoms with Crippen molar-refractivity contribution >= 4 is 0 Å². The number of likely N-dealkylation sites (N-methyl/N-ethyl adjacent to an activating group) is 1. The Labute approximate surface area is 86.5 Å². The Morgan fingerprint density at radius 1 is 1.36 bits per heavy atom. The van der Waals surface area contributed by atoms with Crippen LogP contribution in [0.2, 0.25) is 0 Å². The fourth-order valence-electron chi connectivity index (χ4n) is 2.46. The average molecular weight is 198 g/mol. The quantitative estimate of drug-likeness (QED) is 0.696. The van der Waals surface area contributed by atoms with Gasteiger partial charge in [-0.25, -0.2) is 0 Å². The lowest BCUT2D eigenvalue weighted by Gasteiger charge is -2.37. The van der Waals surface area contributed by atoms with Crippen molar-refractivity contribution in [2.75, 3.05) is 20.1 Å². The molecule has 0 spiro atoms. The third-order valence-electron chi connectivity index (χ3n) is 3.68. The van der Waals surface area contributed by atoms with Gasteiger partial charge in [-0.15, -0.1) is 0 Å². The number of aliphatic hydroxyl groups is 1. The summed E-state index contributed by atoms with van der Waals surface area (Å²) < 4.78 is 0. The molecule has 0 radical (unpaired) electrons. The molecule has 82 valence electrons. The molecule has 1 saturated carbocycles. The molecule has 1 aliphatic carbocycles. The van der Waals surface area contributed by atoms with Gasteiger partial charge in [0.15, 0.2) is 0 Å². The molecule has 0 aromatic rings. The van der Waals surface area contributed by atoms with E-state index < -0.39 is 0 Å². The highest BCUT2D eigenvalue weighted by Gasteiger charge is 2.28. The van der Waals surface area contributed by atoms with E-state index in [1.165, 1.54) is 25.8 Å². The maximum atomic E-state index is 9.16. The Morgan fingerprint density at radius 2 is 2.14 bits per heavy atom. The van der Waals surface area contributed by atoms with E-state index in [1.807, 2.05) is 0 Å². The van der Waals surface area contributed by atoms with Crippen LogP contribution in [0.1, 0.15) is 32.1 Å². The van der Waals surface area contributed by atoms with Crippen LogP contribution in [0.15, 0.2) is 0 Å². The van der Waals surface area contributed by atoms with Crippen LogP contribution in [-0.2, 0) is 0 Å². The van der Waals surface area contributed by atoms with Gasteiger partial charge in [-0.2, -0.15) is 0 Å². The van der Waals surface area contributed by atoms with Gasteiger partial charge in [-0.1, -0.05) is 6.42 Å². The summed E-state index contributed by atoms with van der Waals surface area (Å²) in [7, 11) is 2.22. The standard InChI is InChI=1S/C11H22N2O/c1-13-5-3-2-4-10(13)8-12-9-6-11(14)7-9/h9-12,14H,2-8H2,1H3. The Kier molecular flexibility index (Phi) is 3.42. The van der Waals surface area contributed by atoms with Gasteiger partial charge in [0, 0.05) is 18.6 Å². The minimum atomic E-state index is -0.0309. The Bertz CT molecular complexity index is 180. The Morgan fingerprint density at radius 3 is 2.79 bits per heavy atom. The number of nitrogens with one attached hydrogen (secondary N) is 1. The van der Waals surface area contributed by atoms with Crippen LogP contribution in [0.25, 0.3) is 0 Å². The Hall–Kier alpha value is -0.120. The summed E-state index contributed by atoms with van der Waals surface area (Å²) in [6.45, 7) is 2.35. The van der Waals surface area contributed by atoms with Gasteiger partial charge in [0.2, 0.25) is 0 Å². The fraction of sp³-hybridized carbons (Fsp3) is 1.00. The molecule has 0 aromatic carbocycles. The lowest BCUT2D eigenvalue weighted by atomic mass is 9.89. The van der Waals surface area contributed by atoms with Crippen LogP contribution in [0.4, 0.5) is 0 Å². The van der Waals surface area contributed by atoms with Crippen molar-refractivity contribution in [3.05, 3.63) is 0 Å². The highest BCUT2D eigenvalue weighted by atomic mass is 16.3. The lowest BCUT2D eigenvalue weighted by molar-refractivity contribution is 0.0574. The summed E-state index contributed by atoms with van der Waals surface area (Å²) in [5, 5.41) is 12.7. The lowest BCUT2D eigenvalue weighted by Crippen LogP contribution is -2.50. The predicted octanol–water partition coefficient (Wildman–Crippen LogP) is 0.584. The number of likely N-dealkylation sites (tertiary alicyclic amines) is 1. The minimum absolute atomic E-state index is 0.0309. The van der Waals surface area contributed by atoms with E-state index in [-0.39, 0.29) is 6.10 Å². The number of rotatable bonds is 3. The molecule has 2 fully saturated rings. The summed E-state index contributed by atoms with van der Waals surface area (Å²) in [6, 6.07) is 1.31. The van der Waals surface area contributed by atoms with Crippen LogP contribution in [0, 0.1) is 0 Å². The molecule has 0 aromatic heterocycles. The molecule has 2 rings (SSSR count). The van der Waals surface area contributed by atoms with E-state index in [4.69, 9.17) is 5.11 Å². The zero-order chi connectivity index (χ0) is 9.97. The number of hydrogen-bond donors (Lipinski definition) is 2. The number of piperidine rings is 1. The first-order valence-corrected chi connectivity index (χ1v) is 5.87. The van der Waals surface area contributed by atoms with Crippen LogP contribution in [-0.4, -0.2) is 48.3 Å². The molecule has 2 N–H and O–H groups in total. The van der Waals surface area contributed by atoms with E-state index in [9.17, 15) is 0 Å². The summed E-state index contributed by atoms with van der Waals surface area (Å²) in [5.41, 5.74) is 0. The molecule has 3 heteroatoms. The molecule has 1 heterocycles. The Balaban J connectivity index is 1.64. The van der Waals surface area contributed by atoms with Crippen molar-refractivity contribution in [2.24, 2.45) is 0 Å². The topological polar surface area (TPSA) is 35.5 Å². The van der Waals surface area contributed by atoms with E-state index >= 15 is 0 Å². The highest BCUT2D eigenvalue weighted by Crippen LogP contribution is 2.20. The molecular formula is C11H22N2O. The molecule has 3 nitrogen and oxygen atoms in total. The minimum Gasteiger partial charge on any atom is -0.393 e. The van der Waals surface area contributed by atoms with Crippen LogP contribution >= 0.6 is 0 Å². The van der Waals surface area contributed by atoms with Crippen molar-refractivity contribution in [1.82, 2.24) is 10.2 Å². The van der Waals surface area contributed by atoms with E-state index in [0.717, 1.165) is 25.4 Å². The second-order valence-electron chi connectivity index (χ2n) is 4.86. The zero-order valence-electron chi connectivity index (χ0n) is 9.08. The molecule has 1 saturated heterocycles. The number of aliphatic hydroxyl groups excluding tert-OH is 1. The summed E-state index contributed by atoms with van der Waals surface area (Å²) in [5.74, 6) is 0. The normalized spacial score (nSPS) is 39.4. The van der Waals surface area contributed by atoms with Gasteiger partial charge in [-0.3, -0.25) is 0 Å². The van der Waals surface area contributed by atoms with Crippen LogP contribution in [0.3, 0.4) is 0 Å². The van der Waals surface area contributed by atoms with Gasteiger partial charge < -0.3 is 15.3 Å². The first-order valence-electron chi connectivity index (χ1n) is 5.87. The van der Waals surface area contributed by atoms with Crippen molar-refractivity contribution in [2.45, 2.75) is 50.3 Å². The van der Waals surface area contributed by atoms with E-state index in [0.29, 0.717) is 6.04 Å². The molecule has 1 aliphatic heterocycles. The summed E-state index contributed by atoms with van der Waals surface area (Å²) in [4.78, 5) is 2.46. The third kappa shape index (κ3) is 2.47. The van der Waals surface area contributed by atoms with E-state index in [1.54, 1.807) is 0 Å². The first-order chi connectivity index (χ1) is 6.75. The monoisotopic (exact) mass is 198 g/mol. The molecule has 0 bridgehead atoms. The molecular weight excluding hydrogens is 176 g/mol. The maximum Gasteiger partial charge on any atom is 0.0570 e. The fourth-order valence-corrected chi connectivity index (χ4v) is 2.46. The second-order valence-corrected chi connectivity index (χ2v) is 4.86. The average Bonchev–Trinajstić information content (AvgIpc) is 2.13. The highest BCUT2D eigenvalue weighted by molar-refractivity contribution is 4.86. The smallest absolute Gasteiger partial charge is 0.0570 e. The van der Waals surface area contributed by atoms with Gasteiger partial charge in [0.25, 0.3) is 0 Å². The summed E-state index contributed by atoms with van der Waals surface area (Å²) in [6.07, 6.45) is 5.95. The SMILES string of the molecule is CN1CCCCC1CNC1CC(O)C1. The van der Waals surface area contributed by atoms with Crippen molar-refractivity contribution in [3.63, 3.8) is 0 Å².